The summed E-state index contributed by atoms with van der Waals surface area (Å²) >= 11 is 0. The molecule has 1 aliphatic rings. The molecule has 3 aromatic heterocycles. The zero-order valence-electron chi connectivity index (χ0n) is 16.2. The molecular formula is C19H21N9O. The fourth-order valence-electron chi connectivity index (χ4n) is 3.56. The Hall–Kier alpha value is -3.69. The summed E-state index contributed by atoms with van der Waals surface area (Å²) in [5, 5.41) is 16.1. The largest absolute Gasteiger partial charge is 0.497 e. The number of benzene rings is 1. The van der Waals surface area contributed by atoms with Crippen LogP contribution in [0, 0.1) is 0 Å². The van der Waals surface area contributed by atoms with E-state index in [1.807, 2.05) is 48.4 Å². The second-order valence-corrected chi connectivity index (χ2v) is 7.05. The molecule has 4 heterocycles. The van der Waals surface area contributed by atoms with E-state index in [9.17, 15) is 0 Å². The molecule has 0 radical (unpaired) electrons. The van der Waals surface area contributed by atoms with E-state index < -0.39 is 0 Å². The highest BCUT2D eigenvalue weighted by Gasteiger charge is 2.24. The average molecular weight is 391 g/mol. The van der Waals surface area contributed by atoms with Crippen molar-refractivity contribution in [1.82, 2.24) is 34.7 Å². The van der Waals surface area contributed by atoms with Crippen LogP contribution in [-0.4, -0.2) is 61.0 Å². The summed E-state index contributed by atoms with van der Waals surface area (Å²) < 4.78 is 8.75. The number of aromatic nitrogens is 7. The fraction of sp³-hybridized carbons (Fsp3) is 0.316. The zero-order chi connectivity index (χ0) is 19.8. The SMILES string of the molecule is COc1ccc(-n2nnc3cnc(NC4CCN(c5cnn(C)c5)C4)nc32)cc1. The van der Waals surface area contributed by atoms with Gasteiger partial charge >= 0.3 is 0 Å². The molecule has 1 unspecified atom stereocenters. The molecule has 0 aliphatic carbocycles. The molecule has 1 fully saturated rings. The lowest BCUT2D eigenvalue weighted by atomic mass is 10.3. The van der Waals surface area contributed by atoms with Gasteiger partial charge in [-0.1, -0.05) is 5.21 Å². The van der Waals surface area contributed by atoms with Gasteiger partial charge in [-0.15, -0.1) is 5.10 Å². The highest BCUT2D eigenvalue weighted by molar-refractivity contribution is 5.72. The second kappa shape index (κ2) is 7.04. The van der Waals surface area contributed by atoms with Crippen molar-refractivity contribution in [3.8, 4) is 11.4 Å². The van der Waals surface area contributed by atoms with Crippen LogP contribution in [0.25, 0.3) is 16.9 Å². The summed E-state index contributed by atoms with van der Waals surface area (Å²) in [7, 11) is 3.57. The molecule has 0 saturated carbocycles. The number of ether oxygens (including phenoxy) is 1. The quantitative estimate of drug-likeness (QED) is 0.548. The van der Waals surface area contributed by atoms with Gasteiger partial charge in [-0.05, 0) is 30.7 Å². The Labute approximate surface area is 167 Å². The number of nitrogens with zero attached hydrogens (tertiary/aromatic N) is 8. The van der Waals surface area contributed by atoms with E-state index in [0.29, 0.717) is 17.1 Å². The van der Waals surface area contributed by atoms with Crippen LogP contribution < -0.4 is 15.0 Å². The fourth-order valence-corrected chi connectivity index (χ4v) is 3.56. The van der Waals surface area contributed by atoms with Crippen molar-refractivity contribution in [3.05, 3.63) is 42.9 Å². The molecule has 0 amide bonds. The molecule has 5 rings (SSSR count). The standard InChI is InChI=1S/C19H21N9O/c1-26-12-15(9-21-26)27-8-7-13(11-27)22-19-20-10-17-18(23-19)28(25-24-17)14-3-5-16(29-2)6-4-14/h3-6,9-10,12-13H,7-8,11H2,1-2H3,(H,20,22,23). The Morgan fingerprint density at radius 1 is 1.14 bits per heavy atom. The Kier molecular flexibility index (Phi) is 4.23. The van der Waals surface area contributed by atoms with E-state index in [2.05, 4.69) is 35.6 Å². The molecule has 10 nitrogen and oxygen atoms in total. The lowest BCUT2D eigenvalue weighted by Crippen LogP contribution is -2.26. The number of anilines is 2. The summed E-state index contributed by atoms with van der Waals surface area (Å²) in [6, 6.07) is 7.87. The van der Waals surface area contributed by atoms with Gasteiger partial charge in [0.2, 0.25) is 5.95 Å². The van der Waals surface area contributed by atoms with Crippen LogP contribution in [0.3, 0.4) is 0 Å². The number of fused-ring (bicyclic) bond motifs is 1. The van der Waals surface area contributed by atoms with Crippen molar-refractivity contribution in [2.75, 3.05) is 30.4 Å². The predicted octanol–water partition coefficient (Wildman–Crippen LogP) is 1.64. The van der Waals surface area contributed by atoms with Gasteiger partial charge in [-0.25, -0.2) is 4.98 Å². The van der Waals surface area contributed by atoms with Crippen molar-refractivity contribution in [1.29, 1.82) is 0 Å². The molecule has 1 aliphatic heterocycles. The van der Waals surface area contributed by atoms with Gasteiger partial charge in [0.25, 0.3) is 0 Å². The molecule has 0 bridgehead atoms. The summed E-state index contributed by atoms with van der Waals surface area (Å²) in [4.78, 5) is 11.4. The lowest BCUT2D eigenvalue weighted by Gasteiger charge is -2.16. The molecule has 1 atom stereocenters. The van der Waals surface area contributed by atoms with E-state index in [1.165, 1.54) is 0 Å². The summed E-state index contributed by atoms with van der Waals surface area (Å²) in [5.74, 6) is 1.36. The third-order valence-corrected chi connectivity index (χ3v) is 5.09. The first-order valence-electron chi connectivity index (χ1n) is 9.42. The molecule has 4 aromatic rings. The van der Waals surface area contributed by atoms with Crippen LogP contribution >= 0.6 is 0 Å². The number of hydrogen-bond donors (Lipinski definition) is 1. The predicted molar refractivity (Wildman–Crippen MR) is 108 cm³/mol. The van der Waals surface area contributed by atoms with Gasteiger partial charge in [-0.3, -0.25) is 4.68 Å². The van der Waals surface area contributed by atoms with Crippen LogP contribution in [0.4, 0.5) is 11.6 Å². The molecule has 29 heavy (non-hydrogen) atoms. The van der Waals surface area contributed by atoms with E-state index in [-0.39, 0.29) is 6.04 Å². The molecule has 0 spiro atoms. The minimum absolute atomic E-state index is 0.262. The van der Waals surface area contributed by atoms with Crippen molar-refractivity contribution in [2.45, 2.75) is 12.5 Å². The van der Waals surface area contributed by atoms with Gasteiger partial charge in [0.1, 0.15) is 5.75 Å². The minimum atomic E-state index is 0.262. The van der Waals surface area contributed by atoms with Gasteiger partial charge in [0.15, 0.2) is 11.2 Å². The van der Waals surface area contributed by atoms with E-state index in [4.69, 9.17) is 4.74 Å². The summed E-state index contributed by atoms with van der Waals surface area (Å²) in [6.07, 6.45) is 6.63. The minimum Gasteiger partial charge on any atom is -0.497 e. The number of aryl methyl sites for hydroxylation is 1. The van der Waals surface area contributed by atoms with Gasteiger partial charge in [0, 0.05) is 32.4 Å². The number of hydrogen-bond acceptors (Lipinski definition) is 8. The van der Waals surface area contributed by atoms with Crippen LogP contribution in [0.15, 0.2) is 42.9 Å². The maximum atomic E-state index is 5.22. The highest BCUT2D eigenvalue weighted by atomic mass is 16.5. The first kappa shape index (κ1) is 17.4. The van der Waals surface area contributed by atoms with Crippen molar-refractivity contribution in [2.24, 2.45) is 7.05 Å². The Bertz CT molecular complexity index is 1130. The van der Waals surface area contributed by atoms with Crippen LogP contribution in [0.5, 0.6) is 5.75 Å². The summed E-state index contributed by atoms with van der Waals surface area (Å²) in [5.41, 5.74) is 3.31. The van der Waals surface area contributed by atoms with Crippen LogP contribution in [0.2, 0.25) is 0 Å². The zero-order valence-corrected chi connectivity index (χ0v) is 16.2. The van der Waals surface area contributed by atoms with Gasteiger partial charge < -0.3 is 15.0 Å². The van der Waals surface area contributed by atoms with E-state index in [0.717, 1.165) is 36.6 Å². The topological polar surface area (TPSA) is 98.8 Å². The van der Waals surface area contributed by atoms with Crippen molar-refractivity contribution >= 4 is 22.8 Å². The van der Waals surface area contributed by atoms with Crippen LogP contribution in [0.1, 0.15) is 6.42 Å². The van der Waals surface area contributed by atoms with Crippen LogP contribution in [-0.2, 0) is 7.05 Å². The molecule has 148 valence electrons. The third kappa shape index (κ3) is 3.33. The molecule has 1 saturated heterocycles. The Morgan fingerprint density at radius 3 is 2.76 bits per heavy atom. The molecular weight excluding hydrogens is 370 g/mol. The average Bonchev–Trinajstić information content (AvgIpc) is 3.47. The molecule has 10 heteroatoms. The monoisotopic (exact) mass is 391 g/mol. The third-order valence-electron chi connectivity index (χ3n) is 5.09. The smallest absolute Gasteiger partial charge is 0.225 e. The van der Waals surface area contributed by atoms with Crippen molar-refractivity contribution in [3.63, 3.8) is 0 Å². The lowest BCUT2D eigenvalue weighted by molar-refractivity contribution is 0.414. The number of nitrogens with one attached hydrogen (secondary N) is 1. The second-order valence-electron chi connectivity index (χ2n) is 7.05. The normalized spacial score (nSPS) is 16.5. The van der Waals surface area contributed by atoms with E-state index in [1.54, 1.807) is 18.0 Å². The summed E-state index contributed by atoms with van der Waals surface area (Å²) in [6.45, 7) is 1.85. The van der Waals surface area contributed by atoms with Gasteiger partial charge in [0.05, 0.1) is 30.9 Å². The first-order valence-corrected chi connectivity index (χ1v) is 9.42. The molecule has 1 aromatic carbocycles. The van der Waals surface area contributed by atoms with Crippen molar-refractivity contribution < 1.29 is 4.74 Å². The maximum Gasteiger partial charge on any atom is 0.225 e. The maximum absolute atomic E-state index is 5.22. The van der Waals surface area contributed by atoms with Gasteiger partial charge in [-0.2, -0.15) is 14.8 Å². The number of methoxy groups -OCH3 is 1. The number of rotatable bonds is 5. The highest BCUT2D eigenvalue weighted by Crippen LogP contribution is 2.22. The first-order chi connectivity index (χ1) is 14.2. The van der Waals surface area contributed by atoms with E-state index >= 15 is 0 Å². The molecule has 1 N–H and O–H groups in total. The Morgan fingerprint density at radius 2 is 2.00 bits per heavy atom. The Balaban J connectivity index is 1.36.